The molecule has 21 heavy (non-hydrogen) atoms. The summed E-state index contributed by atoms with van der Waals surface area (Å²) in [5.41, 5.74) is 0. The first-order valence-electron chi connectivity index (χ1n) is 9.76. The van der Waals surface area contributed by atoms with Gasteiger partial charge in [-0.05, 0) is 19.8 Å². The van der Waals surface area contributed by atoms with Gasteiger partial charge in [0.15, 0.2) is 0 Å². The molecule has 0 aromatic heterocycles. The van der Waals surface area contributed by atoms with Gasteiger partial charge < -0.3 is 4.74 Å². The summed E-state index contributed by atoms with van der Waals surface area (Å²) in [6, 6.07) is 0. The summed E-state index contributed by atoms with van der Waals surface area (Å²) < 4.78 is 5.76. The van der Waals surface area contributed by atoms with Crippen LogP contribution in [0.4, 0.5) is 0 Å². The Hall–Kier alpha value is -0.0400. The second kappa shape index (κ2) is 18.0. The minimum Gasteiger partial charge on any atom is -0.378 e. The third-order valence-corrected chi connectivity index (χ3v) is 4.23. The summed E-state index contributed by atoms with van der Waals surface area (Å²) in [4.78, 5) is 0. The number of rotatable bonds is 17. The zero-order valence-corrected chi connectivity index (χ0v) is 15.0. The quantitative estimate of drug-likeness (QED) is 0.260. The van der Waals surface area contributed by atoms with Crippen molar-refractivity contribution in [1.82, 2.24) is 0 Å². The highest BCUT2D eigenvalue weighted by Gasteiger charge is 2.02. The molecule has 0 rings (SSSR count). The lowest BCUT2D eigenvalue weighted by Crippen LogP contribution is -2.09. The second-order valence-electron chi connectivity index (χ2n) is 6.52. The van der Waals surface area contributed by atoms with Crippen LogP contribution in [0.5, 0.6) is 0 Å². The Morgan fingerprint density at radius 3 is 1.57 bits per heavy atom. The number of ether oxygens (including phenoxy) is 1. The smallest absolute Gasteiger partial charge is 0.0576 e. The maximum absolute atomic E-state index is 5.76. The van der Waals surface area contributed by atoms with Gasteiger partial charge >= 0.3 is 0 Å². The molecule has 0 aliphatic carbocycles. The number of hydrogen-bond acceptors (Lipinski definition) is 1. The normalized spacial score (nSPS) is 12.7. The third-order valence-electron chi connectivity index (χ3n) is 4.23. The molecule has 0 saturated heterocycles. The van der Waals surface area contributed by atoms with E-state index in [9.17, 15) is 0 Å². The Morgan fingerprint density at radius 1 is 0.619 bits per heavy atom. The van der Waals surface area contributed by atoms with E-state index in [1.165, 1.54) is 89.9 Å². The SMILES string of the molecule is [CH2]C(CCCCCCCCCCCC)OCCCCCC. The van der Waals surface area contributed by atoms with Crippen molar-refractivity contribution in [3.05, 3.63) is 6.92 Å². The van der Waals surface area contributed by atoms with Crippen molar-refractivity contribution in [3.63, 3.8) is 0 Å². The monoisotopic (exact) mass is 297 g/mol. The van der Waals surface area contributed by atoms with Gasteiger partial charge in [-0.15, -0.1) is 0 Å². The van der Waals surface area contributed by atoms with Crippen molar-refractivity contribution in [1.29, 1.82) is 0 Å². The van der Waals surface area contributed by atoms with E-state index >= 15 is 0 Å². The molecule has 0 fully saturated rings. The summed E-state index contributed by atoms with van der Waals surface area (Å²) in [5, 5.41) is 0. The zero-order valence-electron chi connectivity index (χ0n) is 15.0. The minimum atomic E-state index is 0.223. The van der Waals surface area contributed by atoms with Gasteiger partial charge in [0.05, 0.1) is 6.10 Å². The van der Waals surface area contributed by atoms with Crippen LogP contribution in [-0.2, 0) is 4.74 Å². The topological polar surface area (TPSA) is 9.23 Å². The van der Waals surface area contributed by atoms with Gasteiger partial charge in [0.2, 0.25) is 0 Å². The Labute approximate surface area is 135 Å². The Bertz CT molecular complexity index is 179. The van der Waals surface area contributed by atoms with E-state index in [-0.39, 0.29) is 6.10 Å². The highest BCUT2D eigenvalue weighted by molar-refractivity contribution is 4.60. The maximum atomic E-state index is 5.76. The van der Waals surface area contributed by atoms with E-state index in [0.29, 0.717) is 0 Å². The van der Waals surface area contributed by atoms with Crippen molar-refractivity contribution in [2.24, 2.45) is 0 Å². The predicted molar refractivity (Wildman–Crippen MR) is 95.7 cm³/mol. The summed E-state index contributed by atoms with van der Waals surface area (Å²) in [5.74, 6) is 0. The van der Waals surface area contributed by atoms with Gasteiger partial charge in [-0.3, -0.25) is 0 Å². The lowest BCUT2D eigenvalue weighted by Gasteiger charge is -2.12. The van der Waals surface area contributed by atoms with Crippen LogP contribution in [0.1, 0.15) is 110 Å². The second-order valence-corrected chi connectivity index (χ2v) is 6.52. The van der Waals surface area contributed by atoms with Crippen LogP contribution in [-0.4, -0.2) is 12.7 Å². The molecule has 1 heteroatoms. The predicted octanol–water partition coefficient (Wildman–Crippen LogP) is 7.10. The molecule has 0 aliphatic heterocycles. The molecule has 1 radical (unpaired) electrons. The molecule has 0 aliphatic rings. The molecule has 0 aromatic carbocycles. The molecule has 1 unspecified atom stereocenters. The van der Waals surface area contributed by atoms with Crippen LogP contribution in [0, 0.1) is 6.92 Å². The van der Waals surface area contributed by atoms with Crippen molar-refractivity contribution in [2.75, 3.05) is 6.61 Å². The van der Waals surface area contributed by atoms with Crippen molar-refractivity contribution in [3.8, 4) is 0 Å². The molecular weight excluding hydrogens is 256 g/mol. The minimum absolute atomic E-state index is 0.223. The first-order chi connectivity index (χ1) is 10.3. The molecule has 127 valence electrons. The van der Waals surface area contributed by atoms with Crippen LogP contribution in [0.3, 0.4) is 0 Å². The van der Waals surface area contributed by atoms with Gasteiger partial charge in [0.1, 0.15) is 0 Å². The molecular formula is C20H41O. The van der Waals surface area contributed by atoms with Crippen LogP contribution in [0.25, 0.3) is 0 Å². The summed E-state index contributed by atoms with van der Waals surface area (Å²) in [6.07, 6.45) is 20.5. The fourth-order valence-electron chi connectivity index (χ4n) is 2.72. The number of hydrogen-bond donors (Lipinski definition) is 0. The van der Waals surface area contributed by atoms with Gasteiger partial charge in [-0.2, -0.15) is 0 Å². The molecule has 0 amide bonds. The maximum Gasteiger partial charge on any atom is 0.0576 e. The van der Waals surface area contributed by atoms with Crippen molar-refractivity contribution in [2.45, 2.75) is 116 Å². The molecule has 0 aromatic rings. The largest absolute Gasteiger partial charge is 0.378 e. The first kappa shape index (κ1) is 21.0. The van der Waals surface area contributed by atoms with Gasteiger partial charge in [-0.1, -0.05) is 97.3 Å². The Balaban J connectivity index is 3.09. The number of unbranched alkanes of at least 4 members (excludes halogenated alkanes) is 12. The summed E-state index contributed by atoms with van der Waals surface area (Å²) >= 11 is 0. The fourth-order valence-corrected chi connectivity index (χ4v) is 2.72. The average Bonchev–Trinajstić information content (AvgIpc) is 2.49. The lowest BCUT2D eigenvalue weighted by molar-refractivity contribution is 0.0727. The van der Waals surface area contributed by atoms with Gasteiger partial charge in [-0.25, -0.2) is 0 Å². The molecule has 0 saturated carbocycles. The summed E-state index contributed by atoms with van der Waals surface area (Å²) in [6.45, 7) is 9.55. The van der Waals surface area contributed by atoms with Crippen LogP contribution in [0.2, 0.25) is 0 Å². The molecule has 1 atom stereocenters. The average molecular weight is 298 g/mol. The van der Waals surface area contributed by atoms with Gasteiger partial charge in [0.25, 0.3) is 0 Å². The molecule has 0 heterocycles. The standard InChI is InChI=1S/C20H41O/c1-4-6-8-10-11-12-13-14-15-16-18-20(3)21-19-17-9-7-5-2/h20H,3-19H2,1-2H3. The molecule has 0 spiro atoms. The molecule has 0 N–H and O–H groups in total. The molecule has 0 bridgehead atoms. The van der Waals surface area contributed by atoms with Crippen molar-refractivity contribution >= 4 is 0 Å². The van der Waals surface area contributed by atoms with E-state index < -0.39 is 0 Å². The van der Waals surface area contributed by atoms with Crippen molar-refractivity contribution < 1.29 is 4.74 Å². The third kappa shape index (κ3) is 17.9. The fraction of sp³-hybridized carbons (Fsp3) is 0.950. The Kier molecular flexibility index (Phi) is 18.0. The lowest BCUT2D eigenvalue weighted by atomic mass is 10.0. The Morgan fingerprint density at radius 2 is 1.05 bits per heavy atom. The van der Waals surface area contributed by atoms with Crippen LogP contribution < -0.4 is 0 Å². The zero-order chi connectivity index (χ0) is 15.6. The highest BCUT2D eigenvalue weighted by Crippen LogP contribution is 2.13. The van der Waals surface area contributed by atoms with E-state index in [2.05, 4.69) is 20.8 Å². The van der Waals surface area contributed by atoms with E-state index in [1.54, 1.807) is 0 Å². The van der Waals surface area contributed by atoms with Crippen LogP contribution in [0.15, 0.2) is 0 Å². The van der Waals surface area contributed by atoms with Gasteiger partial charge in [0, 0.05) is 6.61 Å². The van der Waals surface area contributed by atoms with E-state index in [1.807, 2.05) is 0 Å². The van der Waals surface area contributed by atoms with Crippen LogP contribution >= 0.6 is 0 Å². The first-order valence-corrected chi connectivity index (χ1v) is 9.76. The summed E-state index contributed by atoms with van der Waals surface area (Å²) in [7, 11) is 0. The molecule has 1 nitrogen and oxygen atoms in total. The highest BCUT2D eigenvalue weighted by atomic mass is 16.5. The van der Waals surface area contributed by atoms with E-state index in [0.717, 1.165) is 13.0 Å². The van der Waals surface area contributed by atoms with E-state index in [4.69, 9.17) is 4.74 Å².